The first-order valence-corrected chi connectivity index (χ1v) is 9.28. The van der Waals surface area contributed by atoms with Crippen LogP contribution < -0.4 is 10.0 Å². The number of carbonyl (C=O) groups excluding carboxylic acids is 2. The molecule has 2 rings (SSSR count). The number of benzene rings is 1. The standard InChI is InChI=1S/C15H17ClN4O5S/c1-10(15(22)19-13-6-4-3-5-12(13)16)25-14(21)8-18-26(23,24)11-7-17-20(2)9-11/h3-7,9-10,18H,8H2,1-2H3,(H,19,22). The summed E-state index contributed by atoms with van der Waals surface area (Å²) in [5, 5.41) is 6.60. The van der Waals surface area contributed by atoms with Crippen LogP contribution in [-0.2, 0) is 31.4 Å². The van der Waals surface area contributed by atoms with Gasteiger partial charge in [-0.15, -0.1) is 0 Å². The summed E-state index contributed by atoms with van der Waals surface area (Å²) < 4.78 is 32.3. The van der Waals surface area contributed by atoms with Crippen molar-refractivity contribution >= 4 is 39.2 Å². The van der Waals surface area contributed by atoms with Gasteiger partial charge in [0.2, 0.25) is 10.0 Å². The van der Waals surface area contributed by atoms with Gasteiger partial charge in [-0.1, -0.05) is 23.7 Å². The molecule has 0 aliphatic rings. The number of aromatic nitrogens is 2. The molecule has 9 nitrogen and oxygen atoms in total. The average Bonchev–Trinajstić information content (AvgIpc) is 3.02. The fraction of sp³-hybridized carbons (Fsp3) is 0.267. The molecular weight excluding hydrogens is 384 g/mol. The molecule has 1 heterocycles. The summed E-state index contributed by atoms with van der Waals surface area (Å²) in [4.78, 5) is 23.7. The molecule has 0 saturated heterocycles. The van der Waals surface area contributed by atoms with E-state index in [9.17, 15) is 18.0 Å². The number of aryl methyl sites for hydroxylation is 1. The molecule has 26 heavy (non-hydrogen) atoms. The first-order chi connectivity index (χ1) is 12.2. The van der Waals surface area contributed by atoms with Gasteiger partial charge in [0.25, 0.3) is 5.91 Å². The van der Waals surface area contributed by atoms with Crippen LogP contribution in [0.2, 0.25) is 5.02 Å². The lowest BCUT2D eigenvalue weighted by Crippen LogP contribution is -2.35. The second kappa shape index (κ2) is 8.30. The third-order valence-electron chi connectivity index (χ3n) is 3.21. The Balaban J connectivity index is 1.87. The zero-order valence-electron chi connectivity index (χ0n) is 14.0. The van der Waals surface area contributed by atoms with Crippen molar-refractivity contribution in [3.63, 3.8) is 0 Å². The van der Waals surface area contributed by atoms with Crippen LogP contribution in [0.25, 0.3) is 0 Å². The molecule has 1 atom stereocenters. The van der Waals surface area contributed by atoms with Crippen LogP contribution in [0.3, 0.4) is 0 Å². The number of para-hydroxylation sites is 1. The quantitative estimate of drug-likeness (QED) is 0.667. The highest BCUT2D eigenvalue weighted by atomic mass is 35.5. The van der Waals surface area contributed by atoms with E-state index in [0.717, 1.165) is 6.20 Å². The number of carbonyl (C=O) groups is 2. The predicted molar refractivity (Wildman–Crippen MR) is 94.0 cm³/mol. The van der Waals surface area contributed by atoms with Gasteiger partial charge in [-0.3, -0.25) is 14.3 Å². The third kappa shape index (κ3) is 5.28. The van der Waals surface area contributed by atoms with Crippen LogP contribution in [0.1, 0.15) is 6.92 Å². The van der Waals surface area contributed by atoms with Gasteiger partial charge in [0.1, 0.15) is 11.4 Å². The number of anilines is 1. The summed E-state index contributed by atoms with van der Waals surface area (Å²) in [6.45, 7) is 0.737. The van der Waals surface area contributed by atoms with Crippen molar-refractivity contribution in [2.45, 2.75) is 17.9 Å². The molecule has 0 fully saturated rings. The molecule has 1 amide bonds. The summed E-state index contributed by atoms with van der Waals surface area (Å²) in [6.07, 6.45) is 1.29. The van der Waals surface area contributed by atoms with Gasteiger partial charge in [-0.25, -0.2) is 8.42 Å². The lowest BCUT2D eigenvalue weighted by Gasteiger charge is -2.14. The average molecular weight is 401 g/mol. The van der Waals surface area contributed by atoms with Crippen LogP contribution >= 0.6 is 11.6 Å². The molecule has 1 aromatic carbocycles. The first-order valence-electron chi connectivity index (χ1n) is 7.42. The number of hydrogen-bond donors (Lipinski definition) is 2. The number of nitrogens with zero attached hydrogens (tertiary/aromatic N) is 2. The van der Waals surface area contributed by atoms with E-state index in [-0.39, 0.29) is 4.90 Å². The fourth-order valence-corrected chi connectivity index (χ4v) is 3.00. The molecule has 1 aromatic heterocycles. The van der Waals surface area contributed by atoms with E-state index in [4.69, 9.17) is 16.3 Å². The maximum Gasteiger partial charge on any atom is 0.321 e. The van der Waals surface area contributed by atoms with Gasteiger partial charge >= 0.3 is 5.97 Å². The maximum absolute atomic E-state index is 12.0. The summed E-state index contributed by atoms with van der Waals surface area (Å²) >= 11 is 5.93. The number of sulfonamides is 1. The van der Waals surface area contributed by atoms with E-state index >= 15 is 0 Å². The molecule has 140 valence electrons. The van der Waals surface area contributed by atoms with Gasteiger partial charge in [0, 0.05) is 13.2 Å². The minimum Gasteiger partial charge on any atom is -0.452 e. The molecule has 2 aromatic rings. The summed E-state index contributed by atoms with van der Waals surface area (Å²) in [6, 6.07) is 6.58. The SMILES string of the molecule is CC(OC(=O)CNS(=O)(=O)c1cnn(C)c1)C(=O)Nc1ccccc1Cl. The summed E-state index contributed by atoms with van der Waals surface area (Å²) in [5.74, 6) is -1.50. The Morgan fingerprint density at radius 2 is 2.04 bits per heavy atom. The third-order valence-corrected chi connectivity index (χ3v) is 4.89. The van der Waals surface area contributed by atoms with Gasteiger partial charge < -0.3 is 10.1 Å². The number of esters is 1. The van der Waals surface area contributed by atoms with E-state index in [2.05, 4.69) is 15.1 Å². The van der Waals surface area contributed by atoms with Crippen molar-refractivity contribution in [2.75, 3.05) is 11.9 Å². The van der Waals surface area contributed by atoms with Crippen molar-refractivity contribution < 1.29 is 22.7 Å². The van der Waals surface area contributed by atoms with Crippen molar-refractivity contribution in [1.82, 2.24) is 14.5 Å². The number of amides is 1. The van der Waals surface area contributed by atoms with E-state index < -0.39 is 34.5 Å². The molecule has 0 spiro atoms. The maximum atomic E-state index is 12.0. The molecule has 2 N–H and O–H groups in total. The topological polar surface area (TPSA) is 119 Å². The Kier molecular flexibility index (Phi) is 6.35. The van der Waals surface area contributed by atoms with Crippen molar-refractivity contribution in [1.29, 1.82) is 0 Å². The normalized spacial score (nSPS) is 12.4. The molecule has 0 aliphatic carbocycles. The van der Waals surface area contributed by atoms with E-state index in [1.165, 1.54) is 17.8 Å². The summed E-state index contributed by atoms with van der Waals surface area (Å²) in [7, 11) is -2.33. The van der Waals surface area contributed by atoms with Gasteiger partial charge in [-0.2, -0.15) is 9.82 Å². The van der Waals surface area contributed by atoms with Crippen LogP contribution in [0.4, 0.5) is 5.69 Å². The monoisotopic (exact) mass is 400 g/mol. The Morgan fingerprint density at radius 1 is 1.35 bits per heavy atom. The number of nitrogens with one attached hydrogen (secondary N) is 2. The lowest BCUT2D eigenvalue weighted by molar-refractivity contribution is -0.151. The van der Waals surface area contributed by atoms with E-state index in [1.54, 1.807) is 31.3 Å². The molecule has 1 unspecified atom stereocenters. The van der Waals surface area contributed by atoms with Crippen molar-refractivity contribution in [3.05, 3.63) is 41.7 Å². The van der Waals surface area contributed by atoms with E-state index in [0.29, 0.717) is 10.7 Å². The van der Waals surface area contributed by atoms with E-state index in [1.807, 2.05) is 0 Å². The van der Waals surface area contributed by atoms with Crippen LogP contribution in [0.5, 0.6) is 0 Å². The zero-order valence-corrected chi connectivity index (χ0v) is 15.5. The second-order valence-corrected chi connectivity index (χ2v) is 7.45. The Morgan fingerprint density at radius 3 is 2.65 bits per heavy atom. The molecular formula is C15H17ClN4O5S. The van der Waals surface area contributed by atoms with Crippen LogP contribution in [-0.4, -0.2) is 42.7 Å². The fourth-order valence-electron chi connectivity index (χ4n) is 1.86. The number of halogens is 1. The highest BCUT2D eigenvalue weighted by Crippen LogP contribution is 2.20. The minimum atomic E-state index is -3.90. The molecule has 0 saturated carbocycles. The largest absolute Gasteiger partial charge is 0.452 e. The molecule has 0 bridgehead atoms. The first kappa shape index (κ1) is 19.9. The Hall–Kier alpha value is -2.43. The van der Waals surface area contributed by atoms with Gasteiger partial charge in [0.15, 0.2) is 6.10 Å². The van der Waals surface area contributed by atoms with Crippen LogP contribution in [0, 0.1) is 0 Å². The van der Waals surface area contributed by atoms with Crippen molar-refractivity contribution in [3.8, 4) is 0 Å². The Bertz CT molecular complexity index is 912. The molecule has 0 aliphatic heterocycles. The number of ether oxygens (including phenoxy) is 1. The Labute approximate surface area is 155 Å². The highest BCUT2D eigenvalue weighted by Gasteiger charge is 2.21. The predicted octanol–water partition coefficient (Wildman–Crippen LogP) is 0.922. The lowest BCUT2D eigenvalue weighted by atomic mass is 10.3. The zero-order chi connectivity index (χ0) is 19.3. The van der Waals surface area contributed by atoms with Crippen LogP contribution in [0.15, 0.2) is 41.6 Å². The summed E-state index contributed by atoms with van der Waals surface area (Å²) in [5.41, 5.74) is 0.374. The molecule has 0 radical (unpaired) electrons. The number of hydrogen-bond acceptors (Lipinski definition) is 6. The number of rotatable bonds is 7. The smallest absolute Gasteiger partial charge is 0.321 e. The van der Waals surface area contributed by atoms with Crippen molar-refractivity contribution in [2.24, 2.45) is 7.05 Å². The van der Waals surface area contributed by atoms with Gasteiger partial charge in [-0.05, 0) is 19.1 Å². The van der Waals surface area contributed by atoms with Gasteiger partial charge in [0.05, 0.1) is 16.9 Å². The molecule has 11 heteroatoms. The highest BCUT2D eigenvalue weighted by molar-refractivity contribution is 7.89. The second-order valence-electron chi connectivity index (χ2n) is 5.28. The minimum absolute atomic E-state index is 0.0858.